The van der Waals surface area contributed by atoms with Gasteiger partial charge in [0.2, 0.25) is 0 Å². The third-order valence-corrected chi connectivity index (χ3v) is 8.37. The Morgan fingerprint density at radius 3 is 1.57 bits per heavy atom. The molecule has 0 saturated heterocycles. The van der Waals surface area contributed by atoms with Crippen LogP contribution in [0.25, 0.3) is 11.1 Å². The Bertz CT molecular complexity index is 1030. The summed E-state index contributed by atoms with van der Waals surface area (Å²) in [7, 11) is -0.635. The SMILES string of the molecule is Cc1cccc(I)c1-c1c(C)cccc1P(c1ccccc1)c1ccccc1. The molecule has 0 radical (unpaired) electrons. The second-order valence-corrected chi connectivity index (χ2v) is 10.3. The van der Waals surface area contributed by atoms with Gasteiger partial charge in [0.05, 0.1) is 0 Å². The summed E-state index contributed by atoms with van der Waals surface area (Å²) in [5.74, 6) is 0. The van der Waals surface area contributed by atoms with Crippen LogP contribution in [0.1, 0.15) is 11.1 Å². The molecule has 0 aliphatic rings. The fraction of sp³-hybridized carbons (Fsp3) is 0.0769. The average Bonchev–Trinajstić information content (AvgIpc) is 2.71. The monoisotopic (exact) mass is 492 g/mol. The van der Waals surface area contributed by atoms with Crippen LogP contribution in [0, 0.1) is 17.4 Å². The first-order valence-corrected chi connectivity index (χ1v) is 11.8. The molecule has 0 aromatic heterocycles. The van der Waals surface area contributed by atoms with Crippen molar-refractivity contribution >= 4 is 46.4 Å². The van der Waals surface area contributed by atoms with Gasteiger partial charge in [-0.15, -0.1) is 0 Å². The quantitative estimate of drug-likeness (QED) is 0.231. The first kappa shape index (κ1) is 19.4. The lowest BCUT2D eigenvalue weighted by atomic mass is 9.97. The number of hydrogen-bond donors (Lipinski definition) is 0. The van der Waals surface area contributed by atoms with E-state index >= 15 is 0 Å². The Labute approximate surface area is 182 Å². The number of rotatable bonds is 4. The Balaban J connectivity index is 2.03. The first-order chi connectivity index (χ1) is 13.7. The van der Waals surface area contributed by atoms with Gasteiger partial charge in [-0.05, 0) is 88.6 Å². The van der Waals surface area contributed by atoms with E-state index in [0.717, 1.165) is 0 Å². The van der Waals surface area contributed by atoms with Crippen LogP contribution >= 0.6 is 30.5 Å². The highest BCUT2D eigenvalue weighted by atomic mass is 127. The molecule has 4 rings (SSSR count). The van der Waals surface area contributed by atoms with Gasteiger partial charge in [-0.1, -0.05) is 91.0 Å². The maximum absolute atomic E-state index is 2.48. The zero-order valence-corrected chi connectivity index (χ0v) is 19.1. The summed E-state index contributed by atoms with van der Waals surface area (Å²) in [5, 5.41) is 4.21. The molecule has 0 saturated carbocycles. The molecule has 0 fully saturated rings. The van der Waals surface area contributed by atoms with E-state index < -0.39 is 7.92 Å². The standard InChI is InChI=1S/C26H22IP/c1-19-11-9-17-23(27)25(19)26-20(2)12-10-18-24(26)28(21-13-5-3-6-14-21)22-15-7-4-8-16-22/h3-18H,1-2H3. The zero-order chi connectivity index (χ0) is 19.5. The van der Waals surface area contributed by atoms with Crippen LogP contribution in [0.4, 0.5) is 0 Å². The second-order valence-electron chi connectivity index (χ2n) is 6.91. The van der Waals surface area contributed by atoms with Crippen molar-refractivity contribution < 1.29 is 0 Å². The summed E-state index contributed by atoms with van der Waals surface area (Å²) in [5.41, 5.74) is 5.43. The molecule has 0 aliphatic carbocycles. The summed E-state index contributed by atoms with van der Waals surface area (Å²) < 4.78 is 1.31. The maximum atomic E-state index is 2.48. The van der Waals surface area contributed by atoms with Crippen LogP contribution in [-0.4, -0.2) is 0 Å². The van der Waals surface area contributed by atoms with Gasteiger partial charge in [0.1, 0.15) is 0 Å². The van der Waals surface area contributed by atoms with Crippen LogP contribution < -0.4 is 15.9 Å². The summed E-state index contributed by atoms with van der Waals surface area (Å²) in [6.07, 6.45) is 0. The molecule has 138 valence electrons. The molecule has 2 heteroatoms. The molecule has 4 aromatic carbocycles. The zero-order valence-electron chi connectivity index (χ0n) is 16.1. The maximum Gasteiger partial charge on any atom is 0.0211 e. The Morgan fingerprint density at radius 2 is 1.04 bits per heavy atom. The van der Waals surface area contributed by atoms with E-state index in [1.54, 1.807) is 0 Å². The number of halogens is 1. The molecule has 0 nitrogen and oxygen atoms in total. The number of aryl methyl sites for hydroxylation is 2. The minimum Gasteiger partial charge on any atom is -0.0622 e. The highest BCUT2D eigenvalue weighted by molar-refractivity contribution is 14.1. The van der Waals surface area contributed by atoms with Crippen LogP contribution in [-0.2, 0) is 0 Å². The second kappa shape index (κ2) is 8.59. The van der Waals surface area contributed by atoms with E-state index in [1.165, 1.54) is 41.7 Å². The van der Waals surface area contributed by atoms with Crippen molar-refractivity contribution in [1.29, 1.82) is 0 Å². The van der Waals surface area contributed by atoms with Gasteiger partial charge in [0, 0.05) is 3.57 Å². The molecule has 0 aliphatic heterocycles. The van der Waals surface area contributed by atoms with Gasteiger partial charge in [0.25, 0.3) is 0 Å². The fourth-order valence-electron chi connectivity index (χ4n) is 3.69. The van der Waals surface area contributed by atoms with E-state index in [0.29, 0.717) is 0 Å². The minimum atomic E-state index is -0.635. The molecule has 0 amide bonds. The van der Waals surface area contributed by atoms with Crippen LogP contribution in [0.5, 0.6) is 0 Å². The van der Waals surface area contributed by atoms with Crippen molar-refractivity contribution in [2.45, 2.75) is 13.8 Å². The number of benzene rings is 4. The summed E-state index contributed by atoms with van der Waals surface area (Å²) in [4.78, 5) is 0. The highest BCUT2D eigenvalue weighted by Gasteiger charge is 2.22. The Hall–Kier alpha value is -1.96. The Kier molecular flexibility index (Phi) is 5.94. The average molecular weight is 492 g/mol. The van der Waals surface area contributed by atoms with E-state index in [2.05, 4.69) is 134 Å². The lowest BCUT2D eigenvalue weighted by molar-refractivity contribution is 1.40. The molecule has 0 unspecified atom stereocenters. The summed E-state index contributed by atoms with van der Waals surface area (Å²) in [6, 6.07) is 35.3. The van der Waals surface area contributed by atoms with E-state index in [1.807, 2.05) is 0 Å². The molecular weight excluding hydrogens is 470 g/mol. The highest BCUT2D eigenvalue weighted by Crippen LogP contribution is 2.40. The molecule has 0 bridgehead atoms. The van der Waals surface area contributed by atoms with Crippen molar-refractivity contribution in [2.75, 3.05) is 0 Å². The van der Waals surface area contributed by atoms with Gasteiger partial charge in [-0.3, -0.25) is 0 Å². The topological polar surface area (TPSA) is 0 Å². The molecule has 4 aromatic rings. The van der Waals surface area contributed by atoms with Crippen molar-refractivity contribution in [1.82, 2.24) is 0 Å². The normalized spacial score (nSPS) is 11.0. The van der Waals surface area contributed by atoms with Gasteiger partial charge >= 0.3 is 0 Å². The lowest BCUT2D eigenvalue weighted by Gasteiger charge is -2.25. The largest absolute Gasteiger partial charge is 0.0622 e. The third-order valence-electron chi connectivity index (χ3n) is 4.99. The van der Waals surface area contributed by atoms with E-state index in [-0.39, 0.29) is 0 Å². The van der Waals surface area contributed by atoms with Gasteiger partial charge in [0.15, 0.2) is 0 Å². The molecule has 0 N–H and O–H groups in total. The predicted octanol–water partition coefficient (Wildman–Crippen LogP) is 6.33. The Morgan fingerprint density at radius 1 is 0.536 bits per heavy atom. The minimum absolute atomic E-state index is 0.635. The molecule has 0 atom stereocenters. The van der Waals surface area contributed by atoms with Gasteiger partial charge in [-0.25, -0.2) is 0 Å². The smallest absolute Gasteiger partial charge is 0.0211 e. The predicted molar refractivity (Wildman–Crippen MR) is 133 cm³/mol. The van der Waals surface area contributed by atoms with Gasteiger partial charge in [-0.2, -0.15) is 0 Å². The van der Waals surface area contributed by atoms with E-state index in [9.17, 15) is 0 Å². The van der Waals surface area contributed by atoms with Crippen molar-refractivity contribution in [3.8, 4) is 11.1 Å². The molecule has 0 heterocycles. The van der Waals surface area contributed by atoms with Crippen molar-refractivity contribution in [3.05, 3.63) is 112 Å². The van der Waals surface area contributed by atoms with Crippen molar-refractivity contribution in [2.24, 2.45) is 0 Å². The van der Waals surface area contributed by atoms with Crippen LogP contribution in [0.3, 0.4) is 0 Å². The fourth-order valence-corrected chi connectivity index (χ4v) is 7.14. The van der Waals surface area contributed by atoms with Gasteiger partial charge < -0.3 is 0 Å². The summed E-state index contributed by atoms with van der Waals surface area (Å²) in [6.45, 7) is 4.46. The first-order valence-electron chi connectivity index (χ1n) is 9.42. The molecule has 0 spiro atoms. The molecular formula is C26H22IP. The van der Waals surface area contributed by atoms with E-state index in [4.69, 9.17) is 0 Å². The number of hydrogen-bond acceptors (Lipinski definition) is 0. The lowest BCUT2D eigenvalue weighted by Crippen LogP contribution is -2.23. The summed E-state index contributed by atoms with van der Waals surface area (Å²) >= 11 is 2.48. The van der Waals surface area contributed by atoms with Crippen molar-refractivity contribution in [3.63, 3.8) is 0 Å². The molecule has 28 heavy (non-hydrogen) atoms. The van der Waals surface area contributed by atoms with Crippen LogP contribution in [0.2, 0.25) is 0 Å². The van der Waals surface area contributed by atoms with Crippen LogP contribution in [0.15, 0.2) is 97.1 Å². The third kappa shape index (κ3) is 3.79.